The van der Waals surface area contributed by atoms with Gasteiger partial charge in [-0.2, -0.15) is 9.97 Å². The zero-order chi connectivity index (χ0) is 23.3. The highest BCUT2D eigenvalue weighted by Gasteiger charge is 2.34. The summed E-state index contributed by atoms with van der Waals surface area (Å²) >= 11 is 11.9. The minimum atomic E-state index is -0.0980. The van der Waals surface area contributed by atoms with Crippen LogP contribution in [0.4, 0.5) is 11.8 Å². The van der Waals surface area contributed by atoms with Gasteiger partial charge in [-0.05, 0) is 61.5 Å². The quantitative estimate of drug-likeness (QED) is 0.578. The number of aromatic nitrogens is 2. The van der Waals surface area contributed by atoms with Crippen molar-refractivity contribution in [2.45, 2.75) is 38.0 Å². The van der Waals surface area contributed by atoms with E-state index in [4.69, 9.17) is 38.3 Å². The summed E-state index contributed by atoms with van der Waals surface area (Å²) in [7, 11) is 1.62. The fourth-order valence-corrected chi connectivity index (χ4v) is 5.03. The maximum atomic E-state index is 6.29. The van der Waals surface area contributed by atoms with E-state index in [-0.39, 0.29) is 5.41 Å². The Balaban J connectivity index is 1.46. The Morgan fingerprint density at radius 3 is 2.85 bits per heavy atom. The molecule has 4 rings (SSSR count). The molecule has 1 atom stereocenters. The third kappa shape index (κ3) is 6.05. The van der Waals surface area contributed by atoms with Gasteiger partial charge in [0.2, 0.25) is 11.8 Å². The van der Waals surface area contributed by atoms with Crippen LogP contribution in [0, 0.1) is 5.92 Å². The number of hydrogen-bond donors (Lipinski definition) is 2. The third-order valence-corrected chi connectivity index (χ3v) is 7.06. The lowest BCUT2D eigenvalue weighted by Gasteiger charge is -2.38. The van der Waals surface area contributed by atoms with E-state index >= 15 is 0 Å². The number of nitrogens with one attached hydrogen (secondary N) is 2. The summed E-state index contributed by atoms with van der Waals surface area (Å²) < 4.78 is 11.1. The average molecular weight is 490 g/mol. The van der Waals surface area contributed by atoms with Crippen LogP contribution in [0.25, 0.3) is 0 Å². The molecular weight excluding hydrogens is 458 g/mol. The van der Waals surface area contributed by atoms with Gasteiger partial charge in [-0.15, -0.1) is 0 Å². The lowest BCUT2D eigenvalue weighted by Crippen LogP contribution is -2.45. The van der Waals surface area contributed by atoms with Gasteiger partial charge < -0.3 is 25.0 Å². The molecule has 2 fully saturated rings. The monoisotopic (exact) mass is 489 g/mol. The van der Waals surface area contributed by atoms with Gasteiger partial charge in [0.25, 0.3) is 0 Å². The first kappa shape index (κ1) is 24.0. The first-order valence-electron chi connectivity index (χ1n) is 11.5. The molecule has 9 heteroatoms. The number of hydrogen-bond acceptors (Lipinski definition) is 6. The molecule has 0 amide bonds. The van der Waals surface area contributed by atoms with Crippen LogP contribution in [0.5, 0.6) is 5.88 Å². The fourth-order valence-electron chi connectivity index (χ4n) is 4.68. The zero-order valence-corrected chi connectivity index (χ0v) is 20.8. The number of piperidine rings is 1. The van der Waals surface area contributed by atoms with E-state index in [0.717, 1.165) is 43.2 Å². The molecule has 2 N–H and O–H groups in total. The Kier molecular flexibility index (Phi) is 7.88. The molecule has 0 aliphatic carbocycles. The standard InChI is InChI=1S/C24H32ClN5O2S/c1-17-5-4-10-30(15-17)20-14-21(31-2)28-22(27-20)29-23(33)26-16-24(8-11-32-12-9-24)18-6-3-7-19(25)13-18/h3,6-7,13-14,17H,4-5,8-12,15-16H2,1-2H3,(H2,26,27,28,29,33). The van der Waals surface area contributed by atoms with Crippen molar-refractivity contribution >= 4 is 40.7 Å². The summed E-state index contributed by atoms with van der Waals surface area (Å²) in [5.74, 6) is 2.45. The minimum absolute atomic E-state index is 0.0980. The normalized spacial score (nSPS) is 20.2. The smallest absolute Gasteiger partial charge is 0.234 e. The van der Waals surface area contributed by atoms with Crippen molar-refractivity contribution in [3.63, 3.8) is 0 Å². The molecule has 1 aromatic heterocycles. The van der Waals surface area contributed by atoms with Gasteiger partial charge in [0.1, 0.15) is 5.82 Å². The SMILES string of the molecule is COc1cc(N2CCCC(C)C2)nc(NC(=S)NCC2(c3cccc(Cl)c3)CCOCC2)n1. The van der Waals surface area contributed by atoms with Crippen molar-refractivity contribution in [3.8, 4) is 5.88 Å². The lowest BCUT2D eigenvalue weighted by atomic mass is 9.74. The highest BCUT2D eigenvalue weighted by Crippen LogP contribution is 2.35. The molecule has 2 aromatic rings. The fraction of sp³-hybridized carbons (Fsp3) is 0.542. The molecule has 1 unspecified atom stereocenters. The summed E-state index contributed by atoms with van der Waals surface area (Å²) in [5.41, 5.74) is 1.10. The van der Waals surface area contributed by atoms with E-state index < -0.39 is 0 Å². The molecule has 3 heterocycles. The summed E-state index contributed by atoms with van der Waals surface area (Å²) in [6.07, 6.45) is 4.20. The summed E-state index contributed by atoms with van der Waals surface area (Å²) in [6, 6.07) is 9.96. The van der Waals surface area contributed by atoms with Crippen LogP contribution in [0.15, 0.2) is 30.3 Å². The predicted octanol–water partition coefficient (Wildman–Crippen LogP) is 4.41. The topological polar surface area (TPSA) is 71.5 Å². The van der Waals surface area contributed by atoms with Crippen LogP contribution in [0.2, 0.25) is 5.02 Å². The summed E-state index contributed by atoms with van der Waals surface area (Å²) in [5, 5.41) is 7.77. The summed E-state index contributed by atoms with van der Waals surface area (Å²) in [4.78, 5) is 11.5. The largest absolute Gasteiger partial charge is 0.481 e. The van der Waals surface area contributed by atoms with Crippen molar-refractivity contribution in [2.24, 2.45) is 5.92 Å². The number of halogens is 1. The molecule has 2 aliphatic heterocycles. The molecular formula is C24H32ClN5O2S. The van der Waals surface area contributed by atoms with Crippen LogP contribution in [-0.2, 0) is 10.2 Å². The molecule has 0 bridgehead atoms. The number of thiocarbonyl (C=S) groups is 1. The predicted molar refractivity (Wildman–Crippen MR) is 137 cm³/mol. The van der Waals surface area contributed by atoms with Gasteiger partial charge in [0.05, 0.1) is 7.11 Å². The Bertz CT molecular complexity index is 970. The van der Waals surface area contributed by atoms with E-state index in [1.54, 1.807) is 7.11 Å². The average Bonchev–Trinajstić information content (AvgIpc) is 2.83. The highest BCUT2D eigenvalue weighted by molar-refractivity contribution is 7.80. The second kappa shape index (κ2) is 10.8. The maximum absolute atomic E-state index is 6.29. The zero-order valence-electron chi connectivity index (χ0n) is 19.3. The minimum Gasteiger partial charge on any atom is -0.481 e. The first-order chi connectivity index (χ1) is 16.0. The van der Waals surface area contributed by atoms with E-state index in [2.05, 4.69) is 33.5 Å². The number of rotatable bonds is 6. The number of ether oxygens (including phenoxy) is 2. The molecule has 2 aliphatic rings. The van der Waals surface area contributed by atoms with Crippen LogP contribution in [0.3, 0.4) is 0 Å². The summed E-state index contributed by atoms with van der Waals surface area (Å²) in [6.45, 7) is 6.33. The molecule has 33 heavy (non-hydrogen) atoms. The van der Waals surface area contributed by atoms with Gasteiger partial charge in [-0.3, -0.25) is 0 Å². The molecule has 2 saturated heterocycles. The molecule has 178 valence electrons. The van der Waals surface area contributed by atoms with Crippen molar-refractivity contribution in [1.29, 1.82) is 0 Å². The number of nitrogens with zero attached hydrogens (tertiary/aromatic N) is 3. The van der Waals surface area contributed by atoms with Gasteiger partial charge in [0.15, 0.2) is 5.11 Å². The molecule has 1 aromatic carbocycles. The van der Waals surface area contributed by atoms with Gasteiger partial charge >= 0.3 is 0 Å². The van der Waals surface area contributed by atoms with Crippen molar-refractivity contribution in [2.75, 3.05) is 50.2 Å². The number of anilines is 2. The molecule has 0 saturated carbocycles. The van der Waals surface area contributed by atoms with Crippen LogP contribution in [0.1, 0.15) is 38.2 Å². The van der Waals surface area contributed by atoms with E-state index in [1.807, 2.05) is 24.3 Å². The van der Waals surface area contributed by atoms with Crippen molar-refractivity contribution in [3.05, 3.63) is 40.9 Å². The maximum Gasteiger partial charge on any atom is 0.234 e. The van der Waals surface area contributed by atoms with Gasteiger partial charge in [-0.1, -0.05) is 30.7 Å². The molecule has 0 radical (unpaired) electrons. The third-order valence-electron chi connectivity index (χ3n) is 6.58. The van der Waals surface area contributed by atoms with Gasteiger partial charge in [0, 0.05) is 49.4 Å². The van der Waals surface area contributed by atoms with Crippen molar-refractivity contribution in [1.82, 2.24) is 15.3 Å². The van der Waals surface area contributed by atoms with Crippen LogP contribution in [-0.4, -0.2) is 55.0 Å². The van der Waals surface area contributed by atoms with Crippen molar-refractivity contribution < 1.29 is 9.47 Å². The highest BCUT2D eigenvalue weighted by atomic mass is 35.5. The van der Waals surface area contributed by atoms with Gasteiger partial charge in [-0.25, -0.2) is 0 Å². The second-order valence-electron chi connectivity index (χ2n) is 9.00. The Hall–Kier alpha value is -2.16. The molecule has 0 spiro atoms. The Morgan fingerprint density at radius 1 is 1.30 bits per heavy atom. The lowest BCUT2D eigenvalue weighted by molar-refractivity contribution is 0.0515. The van der Waals surface area contributed by atoms with E-state index in [0.29, 0.717) is 42.6 Å². The van der Waals surface area contributed by atoms with E-state index in [1.165, 1.54) is 12.0 Å². The molecule has 7 nitrogen and oxygen atoms in total. The Morgan fingerprint density at radius 2 is 2.12 bits per heavy atom. The second-order valence-corrected chi connectivity index (χ2v) is 9.84. The Labute approximate surface area is 206 Å². The van der Waals surface area contributed by atoms with E-state index in [9.17, 15) is 0 Å². The number of benzene rings is 1. The number of methoxy groups -OCH3 is 1. The van der Waals surface area contributed by atoms with Crippen LogP contribution < -0.4 is 20.3 Å². The van der Waals surface area contributed by atoms with Crippen LogP contribution >= 0.6 is 23.8 Å². The first-order valence-corrected chi connectivity index (χ1v) is 12.3.